The minimum absolute atomic E-state index is 0.158. The predicted molar refractivity (Wildman–Crippen MR) is 85.2 cm³/mol. The zero-order valence-electron chi connectivity index (χ0n) is 13.3. The van der Waals surface area contributed by atoms with Gasteiger partial charge in [-0.2, -0.15) is 0 Å². The minimum atomic E-state index is -1.09. The molecule has 0 bridgehead atoms. The van der Waals surface area contributed by atoms with Gasteiger partial charge in [-0.25, -0.2) is 8.78 Å². The molecular weight excluding hydrogens is 300 g/mol. The van der Waals surface area contributed by atoms with E-state index < -0.39 is 17.8 Å². The number of halogens is 2. The van der Waals surface area contributed by atoms with Gasteiger partial charge in [0, 0.05) is 11.6 Å². The topological polar surface area (TPSA) is 63.3 Å². The zero-order chi connectivity index (χ0) is 17.3. The number of hydrogen-bond donors (Lipinski definition) is 2. The molecule has 2 aromatic carbocycles. The summed E-state index contributed by atoms with van der Waals surface area (Å²) >= 11 is 0. The molecule has 0 aliphatic rings. The first-order valence-corrected chi connectivity index (χ1v) is 7.25. The van der Waals surface area contributed by atoms with Crippen LogP contribution in [-0.2, 0) is 4.79 Å². The number of aryl methyl sites for hydroxylation is 3. The van der Waals surface area contributed by atoms with Gasteiger partial charge >= 0.3 is 5.97 Å². The summed E-state index contributed by atoms with van der Waals surface area (Å²) in [7, 11) is 0. The smallest absolute Gasteiger partial charge is 0.305 e. The highest BCUT2D eigenvalue weighted by molar-refractivity contribution is 5.73. The largest absolute Gasteiger partial charge is 0.481 e. The monoisotopic (exact) mass is 319 g/mol. The van der Waals surface area contributed by atoms with Crippen LogP contribution in [0.15, 0.2) is 24.3 Å². The number of rotatable bonds is 4. The highest BCUT2D eigenvalue weighted by atomic mass is 19.1. The highest BCUT2D eigenvalue weighted by Gasteiger charge is 2.19. The molecule has 0 aromatic heterocycles. The summed E-state index contributed by atoms with van der Waals surface area (Å²) < 4.78 is 27.8. The Morgan fingerprint density at radius 2 is 1.65 bits per heavy atom. The van der Waals surface area contributed by atoms with Gasteiger partial charge in [0.05, 0.1) is 6.42 Å². The second kappa shape index (κ2) is 6.46. The summed E-state index contributed by atoms with van der Waals surface area (Å²) in [5.41, 5.74) is 9.33. The summed E-state index contributed by atoms with van der Waals surface area (Å²) in [6.45, 7) is 5.16. The van der Waals surface area contributed by atoms with E-state index in [2.05, 4.69) is 0 Å². The molecule has 0 amide bonds. The van der Waals surface area contributed by atoms with Crippen LogP contribution in [0.5, 0.6) is 0 Å². The number of nitrogens with two attached hydrogens (primary N) is 1. The van der Waals surface area contributed by atoms with E-state index in [0.717, 1.165) is 16.7 Å². The van der Waals surface area contributed by atoms with Gasteiger partial charge in [0.25, 0.3) is 0 Å². The number of aliphatic carboxylic acids is 1. The van der Waals surface area contributed by atoms with Crippen LogP contribution in [0.1, 0.15) is 34.7 Å². The SMILES string of the molecule is Cc1cc(-c2c(C)cc(F)cc2C)cc([C@@H](N)CC(=O)O)c1F. The van der Waals surface area contributed by atoms with Crippen molar-refractivity contribution in [1.82, 2.24) is 0 Å². The van der Waals surface area contributed by atoms with E-state index in [0.29, 0.717) is 11.1 Å². The van der Waals surface area contributed by atoms with E-state index in [1.807, 2.05) is 0 Å². The van der Waals surface area contributed by atoms with Crippen LogP contribution < -0.4 is 5.73 Å². The predicted octanol–water partition coefficient (Wildman–Crippen LogP) is 4.03. The van der Waals surface area contributed by atoms with E-state index in [9.17, 15) is 13.6 Å². The molecule has 3 nitrogen and oxygen atoms in total. The first kappa shape index (κ1) is 17.1. The Labute approximate surface area is 133 Å². The van der Waals surface area contributed by atoms with Gasteiger partial charge in [0.2, 0.25) is 0 Å². The van der Waals surface area contributed by atoms with Gasteiger partial charge in [-0.3, -0.25) is 4.79 Å². The van der Waals surface area contributed by atoms with Crippen LogP contribution in [0, 0.1) is 32.4 Å². The van der Waals surface area contributed by atoms with Crippen molar-refractivity contribution in [2.75, 3.05) is 0 Å². The summed E-state index contributed by atoms with van der Waals surface area (Å²) in [5, 5.41) is 8.87. The molecule has 0 aliphatic carbocycles. The second-order valence-electron chi connectivity index (χ2n) is 5.82. The number of hydrogen-bond acceptors (Lipinski definition) is 2. The first-order chi connectivity index (χ1) is 10.7. The van der Waals surface area contributed by atoms with Crippen LogP contribution >= 0.6 is 0 Å². The Bertz CT molecular complexity index is 749. The van der Waals surface area contributed by atoms with E-state index >= 15 is 0 Å². The molecule has 0 heterocycles. The molecule has 0 fully saturated rings. The molecule has 0 spiro atoms. The van der Waals surface area contributed by atoms with Crippen molar-refractivity contribution in [3.63, 3.8) is 0 Å². The fraction of sp³-hybridized carbons (Fsp3) is 0.278. The van der Waals surface area contributed by atoms with Crippen molar-refractivity contribution in [3.8, 4) is 11.1 Å². The average Bonchev–Trinajstić information content (AvgIpc) is 2.40. The molecule has 2 rings (SSSR count). The molecule has 0 saturated heterocycles. The third-order valence-electron chi connectivity index (χ3n) is 3.86. The van der Waals surface area contributed by atoms with E-state index in [-0.39, 0.29) is 17.8 Å². The van der Waals surface area contributed by atoms with Crippen LogP contribution in [0.3, 0.4) is 0 Å². The maximum atomic E-state index is 14.3. The van der Waals surface area contributed by atoms with E-state index in [4.69, 9.17) is 10.8 Å². The van der Waals surface area contributed by atoms with Crippen LogP contribution in [0.2, 0.25) is 0 Å². The minimum Gasteiger partial charge on any atom is -0.481 e. The molecule has 1 atom stereocenters. The molecule has 0 unspecified atom stereocenters. The summed E-state index contributed by atoms with van der Waals surface area (Å²) in [6.07, 6.45) is -0.360. The van der Waals surface area contributed by atoms with Crippen molar-refractivity contribution < 1.29 is 18.7 Å². The van der Waals surface area contributed by atoms with Crippen molar-refractivity contribution in [3.05, 3.63) is 58.2 Å². The quantitative estimate of drug-likeness (QED) is 0.894. The van der Waals surface area contributed by atoms with Gasteiger partial charge < -0.3 is 10.8 Å². The van der Waals surface area contributed by atoms with Gasteiger partial charge in [-0.05, 0) is 72.9 Å². The normalized spacial score (nSPS) is 12.3. The third-order valence-corrected chi connectivity index (χ3v) is 3.86. The average molecular weight is 319 g/mol. The number of carboxylic acid groups (broad SMARTS) is 1. The molecule has 23 heavy (non-hydrogen) atoms. The lowest BCUT2D eigenvalue weighted by Crippen LogP contribution is -2.17. The van der Waals surface area contributed by atoms with Crippen LogP contribution in [0.25, 0.3) is 11.1 Å². The first-order valence-electron chi connectivity index (χ1n) is 7.25. The van der Waals surface area contributed by atoms with E-state index in [1.54, 1.807) is 32.9 Å². The lowest BCUT2D eigenvalue weighted by molar-refractivity contribution is -0.137. The fourth-order valence-electron chi connectivity index (χ4n) is 2.88. The van der Waals surface area contributed by atoms with Crippen molar-refractivity contribution in [2.45, 2.75) is 33.2 Å². The number of benzene rings is 2. The van der Waals surface area contributed by atoms with E-state index in [1.165, 1.54) is 12.1 Å². The van der Waals surface area contributed by atoms with Crippen LogP contribution in [-0.4, -0.2) is 11.1 Å². The summed E-state index contributed by atoms with van der Waals surface area (Å²) in [4.78, 5) is 10.8. The fourth-order valence-corrected chi connectivity index (χ4v) is 2.88. The Kier molecular flexibility index (Phi) is 4.80. The Morgan fingerprint density at radius 1 is 1.09 bits per heavy atom. The number of carboxylic acids is 1. The van der Waals surface area contributed by atoms with Crippen molar-refractivity contribution in [1.29, 1.82) is 0 Å². The second-order valence-corrected chi connectivity index (χ2v) is 5.82. The van der Waals surface area contributed by atoms with Crippen molar-refractivity contribution >= 4 is 5.97 Å². The third kappa shape index (κ3) is 3.56. The summed E-state index contributed by atoms with van der Waals surface area (Å²) in [5.74, 6) is -1.92. The molecular formula is C18H19F2NO2. The Morgan fingerprint density at radius 3 is 2.17 bits per heavy atom. The Hall–Kier alpha value is -2.27. The molecule has 0 saturated carbocycles. The maximum Gasteiger partial charge on any atom is 0.305 e. The van der Waals surface area contributed by atoms with Gasteiger partial charge in [0.15, 0.2) is 0 Å². The lowest BCUT2D eigenvalue weighted by atomic mass is 9.91. The standard InChI is InChI=1S/C18H19F2NO2/c1-9-5-13(19)6-10(2)17(9)12-4-11(3)18(20)14(7-12)15(21)8-16(22)23/h4-7,15H,8,21H2,1-3H3,(H,22,23)/t15-/m0/s1. The molecule has 0 radical (unpaired) electrons. The summed E-state index contributed by atoms with van der Waals surface area (Å²) in [6, 6.07) is 5.12. The zero-order valence-corrected chi connectivity index (χ0v) is 13.3. The molecule has 3 N–H and O–H groups in total. The Balaban J connectivity index is 2.62. The molecule has 5 heteroatoms. The molecule has 0 aliphatic heterocycles. The molecule has 2 aromatic rings. The van der Waals surface area contributed by atoms with Gasteiger partial charge in [0.1, 0.15) is 11.6 Å². The van der Waals surface area contributed by atoms with Gasteiger partial charge in [-0.15, -0.1) is 0 Å². The maximum absolute atomic E-state index is 14.3. The van der Waals surface area contributed by atoms with Gasteiger partial charge in [-0.1, -0.05) is 0 Å². The van der Waals surface area contributed by atoms with Crippen molar-refractivity contribution in [2.24, 2.45) is 5.73 Å². The molecule has 122 valence electrons. The number of carbonyl (C=O) groups is 1. The van der Waals surface area contributed by atoms with Crippen LogP contribution in [0.4, 0.5) is 8.78 Å². The lowest BCUT2D eigenvalue weighted by Gasteiger charge is -2.17. The highest BCUT2D eigenvalue weighted by Crippen LogP contribution is 2.33.